The number of aliphatic imine (C=N–C) groups is 1. The molecule has 0 saturated heterocycles. The number of nitrogens with zero attached hydrogens (tertiary/aromatic N) is 2. The quantitative estimate of drug-likeness (QED) is 0.468. The SMILES string of the molecule is CCOC(=O)C1N=COC1c1ccccc1[N+](=O)[O-]. The number of hydrogen-bond donors (Lipinski definition) is 0. The van der Waals surface area contributed by atoms with Crippen molar-refractivity contribution >= 4 is 18.1 Å². The van der Waals surface area contributed by atoms with Crippen LogP contribution < -0.4 is 0 Å². The van der Waals surface area contributed by atoms with E-state index in [-0.39, 0.29) is 12.3 Å². The van der Waals surface area contributed by atoms with Crippen LogP contribution in [0.25, 0.3) is 0 Å². The molecule has 0 saturated carbocycles. The Balaban J connectivity index is 2.31. The maximum absolute atomic E-state index is 11.7. The molecule has 1 aromatic carbocycles. The molecule has 1 aromatic rings. The Kier molecular flexibility index (Phi) is 3.74. The zero-order valence-electron chi connectivity index (χ0n) is 10.2. The van der Waals surface area contributed by atoms with Crippen LogP contribution in [0.15, 0.2) is 29.3 Å². The Labute approximate surface area is 109 Å². The normalized spacial score (nSPS) is 20.9. The molecule has 0 fully saturated rings. The van der Waals surface area contributed by atoms with Gasteiger partial charge in [0, 0.05) is 6.07 Å². The molecule has 0 spiro atoms. The monoisotopic (exact) mass is 264 g/mol. The van der Waals surface area contributed by atoms with Crippen LogP contribution in [0.2, 0.25) is 0 Å². The number of rotatable bonds is 4. The Morgan fingerprint density at radius 3 is 2.95 bits per heavy atom. The standard InChI is InChI=1S/C12H12N2O5/c1-2-18-12(15)10-11(19-7-13-10)8-5-3-4-6-9(8)14(16)17/h3-7,10-11H,2H2,1H3. The summed E-state index contributed by atoms with van der Waals surface area (Å²) in [5.41, 5.74) is 0.204. The number of ether oxygens (including phenoxy) is 2. The van der Waals surface area contributed by atoms with Gasteiger partial charge in [0.25, 0.3) is 5.69 Å². The van der Waals surface area contributed by atoms with Gasteiger partial charge in [-0.1, -0.05) is 12.1 Å². The lowest BCUT2D eigenvalue weighted by atomic mass is 10.0. The van der Waals surface area contributed by atoms with Crippen LogP contribution in [0, 0.1) is 10.1 Å². The molecule has 2 unspecified atom stereocenters. The Morgan fingerprint density at radius 1 is 1.53 bits per heavy atom. The predicted molar refractivity (Wildman–Crippen MR) is 65.8 cm³/mol. The first-order chi connectivity index (χ1) is 9.15. The third kappa shape index (κ3) is 2.54. The van der Waals surface area contributed by atoms with Crippen molar-refractivity contribution < 1.29 is 19.2 Å². The predicted octanol–water partition coefficient (Wildman–Crippen LogP) is 1.63. The van der Waals surface area contributed by atoms with Gasteiger partial charge in [-0.3, -0.25) is 10.1 Å². The lowest BCUT2D eigenvalue weighted by Crippen LogP contribution is -2.26. The molecule has 2 atom stereocenters. The third-order valence-corrected chi connectivity index (χ3v) is 2.68. The van der Waals surface area contributed by atoms with E-state index in [0.717, 1.165) is 6.40 Å². The maximum Gasteiger partial charge on any atom is 0.335 e. The van der Waals surface area contributed by atoms with Crippen molar-refractivity contribution in [1.82, 2.24) is 0 Å². The highest BCUT2D eigenvalue weighted by Gasteiger charge is 2.38. The number of nitro groups is 1. The van der Waals surface area contributed by atoms with Crippen LogP contribution in [0.1, 0.15) is 18.6 Å². The summed E-state index contributed by atoms with van der Waals surface area (Å²) >= 11 is 0. The first-order valence-corrected chi connectivity index (χ1v) is 5.72. The van der Waals surface area contributed by atoms with E-state index in [1.54, 1.807) is 25.1 Å². The number of para-hydroxylation sites is 1. The van der Waals surface area contributed by atoms with Crippen LogP contribution in [0.4, 0.5) is 5.69 Å². The van der Waals surface area contributed by atoms with E-state index in [2.05, 4.69) is 4.99 Å². The van der Waals surface area contributed by atoms with Crippen molar-refractivity contribution in [3.05, 3.63) is 39.9 Å². The summed E-state index contributed by atoms with van der Waals surface area (Å²) in [5.74, 6) is -0.556. The van der Waals surface area contributed by atoms with Gasteiger partial charge in [-0.15, -0.1) is 0 Å². The van der Waals surface area contributed by atoms with Gasteiger partial charge >= 0.3 is 5.97 Å². The lowest BCUT2D eigenvalue weighted by Gasteiger charge is -2.16. The molecule has 1 heterocycles. The Morgan fingerprint density at radius 2 is 2.26 bits per heavy atom. The molecule has 0 N–H and O–H groups in total. The van der Waals surface area contributed by atoms with E-state index in [1.807, 2.05) is 0 Å². The number of hydrogen-bond acceptors (Lipinski definition) is 6. The minimum Gasteiger partial charge on any atom is -0.472 e. The highest BCUT2D eigenvalue weighted by molar-refractivity contribution is 5.80. The minimum atomic E-state index is -0.902. The van der Waals surface area contributed by atoms with E-state index in [1.165, 1.54) is 6.07 Å². The summed E-state index contributed by atoms with van der Waals surface area (Å²) < 4.78 is 10.1. The summed E-state index contributed by atoms with van der Waals surface area (Å²) in [6.45, 7) is 1.89. The summed E-state index contributed by atoms with van der Waals surface area (Å²) in [7, 11) is 0. The summed E-state index contributed by atoms with van der Waals surface area (Å²) in [6.07, 6.45) is 0.309. The second-order valence-electron chi connectivity index (χ2n) is 3.82. The molecule has 100 valence electrons. The van der Waals surface area contributed by atoms with Crippen LogP contribution in [0.3, 0.4) is 0 Å². The van der Waals surface area contributed by atoms with Gasteiger partial charge in [0.05, 0.1) is 17.1 Å². The average molecular weight is 264 g/mol. The lowest BCUT2D eigenvalue weighted by molar-refractivity contribution is -0.386. The highest BCUT2D eigenvalue weighted by Crippen LogP contribution is 2.33. The maximum atomic E-state index is 11.7. The molecule has 0 amide bonds. The average Bonchev–Trinajstić information content (AvgIpc) is 2.88. The van der Waals surface area contributed by atoms with Crippen LogP contribution >= 0.6 is 0 Å². The van der Waals surface area contributed by atoms with Crippen molar-refractivity contribution in [2.75, 3.05) is 6.61 Å². The number of benzene rings is 1. The van der Waals surface area contributed by atoms with Crippen molar-refractivity contribution in [3.8, 4) is 0 Å². The van der Waals surface area contributed by atoms with Gasteiger partial charge in [-0.05, 0) is 13.0 Å². The number of nitro benzene ring substituents is 1. The van der Waals surface area contributed by atoms with E-state index < -0.39 is 23.0 Å². The Hall–Kier alpha value is -2.44. The fraction of sp³-hybridized carbons (Fsp3) is 0.333. The van der Waals surface area contributed by atoms with Crippen molar-refractivity contribution in [1.29, 1.82) is 0 Å². The molecule has 2 rings (SSSR count). The first kappa shape index (κ1) is 13.0. The zero-order valence-corrected chi connectivity index (χ0v) is 10.2. The van der Waals surface area contributed by atoms with Gasteiger partial charge < -0.3 is 9.47 Å². The molecular formula is C12H12N2O5. The van der Waals surface area contributed by atoms with Gasteiger partial charge in [0.15, 0.2) is 18.5 Å². The van der Waals surface area contributed by atoms with E-state index in [9.17, 15) is 14.9 Å². The van der Waals surface area contributed by atoms with Gasteiger partial charge in [-0.25, -0.2) is 9.79 Å². The molecule has 19 heavy (non-hydrogen) atoms. The molecule has 0 aliphatic carbocycles. The summed E-state index contributed by atoms with van der Waals surface area (Å²) in [4.78, 5) is 26.1. The largest absolute Gasteiger partial charge is 0.472 e. The first-order valence-electron chi connectivity index (χ1n) is 5.72. The zero-order chi connectivity index (χ0) is 13.8. The molecule has 7 nitrogen and oxygen atoms in total. The molecule has 0 radical (unpaired) electrons. The Bertz CT molecular complexity index is 529. The van der Waals surface area contributed by atoms with Gasteiger partial charge in [-0.2, -0.15) is 0 Å². The van der Waals surface area contributed by atoms with Crippen LogP contribution in [0.5, 0.6) is 0 Å². The van der Waals surface area contributed by atoms with Crippen molar-refractivity contribution in [2.24, 2.45) is 4.99 Å². The van der Waals surface area contributed by atoms with Gasteiger partial charge in [0.1, 0.15) is 0 Å². The summed E-state index contributed by atoms with van der Waals surface area (Å²) in [6, 6.07) is 5.20. The van der Waals surface area contributed by atoms with Crippen LogP contribution in [-0.4, -0.2) is 29.9 Å². The molecule has 0 aromatic heterocycles. The molecule has 1 aliphatic heterocycles. The minimum absolute atomic E-state index is 0.104. The van der Waals surface area contributed by atoms with Crippen molar-refractivity contribution in [2.45, 2.75) is 19.1 Å². The van der Waals surface area contributed by atoms with Gasteiger partial charge in [0.2, 0.25) is 0 Å². The summed E-state index contributed by atoms with van der Waals surface area (Å²) in [5, 5.41) is 11.0. The molecular weight excluding hydrogens is 252 g/mol. The van der Waals surface area contributed by atoms with Crippen molar-refractivity contribution in [3.63, 3.8) is 0 Å². The third-order valence-electron chi connectivity index (χ3n) is 2.68. The van der Waals surface area contributed by atoms with E-state index in [0.29, 0.717) is 5.56 Å². The number of carbonyl (C=O) groups excluding carboxylic acids is 1. The smallest absolute Gasteiger partial charge is 0.335 e. The molecule has 1 aliphatic rings. The number of carbonyl (C=O) groups is 1. The molecule has 0 bridgehead atoms. The topological polar surface area (TPSA) is 91.0 Å². The highest BCUT2D eigenvalue weighted by atomic mass is 16.6. The second-order valence-corrected chi connectivity index (χ2v) is 3.82. The molecule has 7 heteroatoms. The second kappa shape index (κ2) is 5.47. The van der Waals surface area contributed by atoms with E-state index in [4.69, 9.17) is 9.47 Å². The fourth-order valence-electron chi connectivity index (χ4n) is 1.87. The van der Waals surface area contributed by atoms with E-state index >= 15 is 0 Å². The number of esters is 1. The fourth-order valence-corrected chi connectivity index (χ4v) is 1.87. The van der Waals surface area contributed by atoms with Crippen LogP contribution in [-0.2, 0) is 14.3 Å².